The number of rotatable bonds is 6. The van der Waals surface area contributed by atoms with Gasteiger partial charge in [0.05, 0.1) is 30.0 Å². The van der Waals surface area contributed by atoms with E-state index in [1.165, 1.54) is 4.90 Å². The van der Waals surface area contributed by atoms with Crippen LogP contribution in [0.5, 0.6) is 0 Å². The summed E-state index contributed by atoms with van der Waals surface area (Å²) in [5.74, 6) is -4.57. The number of carbonyl (C=O) groups excluding carboxylic acids is 4. The van der Waals surface area contributed by atoms with Crippen molar-refractivity contribution in [2.24, 2.45) is 22.4 Å². The fourth-order valence-corrected chi connectivity index (χ4v) is 9.27. The third-order valence-corrected chi connectivity index (χ3v) is 13.1. The first-order valence-electron chi connectivity index (χ1n) is 18.9. The van der Waals surface area contributed by atoms with Gasteiger partial charge in [-0.1, -0.05) is 74.5 Å². The Morgan fingerprint density at radius 2 is 1.84 bits per heavy atom. The molecule has 2 heterocycles. The third-order valence-electron chi connectivity index (χ3n) is 11.3. The first-order chi connectivity index (χ1) is 26.1. The van der Waals surface area contributed by atoms with Crippen LogP contribution in [0.1, 0.15) is 88.3 Å². The Morgan fingerprint density at radius 3 is 2.53 bits per heavy atom. The number of cyclic esters (lactones) is 1. The van der Waals surface area contributed by atoms with Crippen LogP contribution in [-0.4, -0.2) is 91.4 Å². The highest BCUT2D eigenvalue weighted by Crippen LogP contribution is 2.49. The number of amides is 4. The van der Waals surface area contributed by atoms with Crippen molar-refractivity contribution in [2.75, 3.05) is 13.2 Å². The maximum absolute atomic E-state index is 14.5. The molecule has 4 amide bonds. The molecule has 6 aliphatic rings. The van der Waals surface area contributed by atoms with Gasteiger partial charge >= 0.3 is 6.09 Å². The minimum absolute atomic E-state index is 0.0331. The first kappa shape index (κ1) is 38.7. The molecule has 1 aromatic rings. The molecular formula is C39H47F2N5O8S. The van der Waals surface area contributed by atoms with Crippen LogP contribution in [0.4, 0.5) is 13.6 Å². The predicted molar refractivity (Wildman–Crippen MR) is 198 cm³/mol. The van der Waals surface area contributed by atoms with Gasteiger partial charge in [0.2, 0.25) is 28.3 Å². The third kappa shape index (κ3) is 7.92. The van der Waals surface area contributed by atoms with Gasteiger partial charge in [0.25, 0.3) is 5.91 Å². The average molecular weight is 784 g/mol. The molecule has 7 rings (SSSR count). The van der Waals surface area contributed by atoms with Crippen LogP contribution in [0.3, 0.4) is 0 Å². The van der Waals surface area contributed by atoms with Gasteiger partial charge in [-0.25, -0.2) is 22.0 Å². The summed E-state index contributed by atoms with van der Waals surface area (Å²) in [6, 6.07) is 3.63. The number of alkyl carbamates (subject to hydrolysis) is 1. The van der Waals surface area contributed by atoms with E-state index in [9.17, 15) is 36.4 Å². The number of hydrogen-bond donors (Lipinski definition) is 3. The minimum Gasteiger partial charge on any atom is -0.450 e. The summed E-state index contributed by atoms with van der Waals surface area (Å²) in [4.78, 5) is 62.4. The Morgan fingerprint density at radius 1 is 1.09 bits per heavy atom. The van der Waals surface area contributed by atoms with E-state index in [1.807, 2.05) is 35.1 Å². The molecule has 3 N–H and O–H groups in total. The van der Waals surface area contributed by atoms with Crippen molar-refractivity contribution in [3.05, 3.63) is 65.3 Å². The largest absolute Gasteiger partial charge is 0.450 e. The zero-order valence-corrected chi connectivity index (χ0v) is 31.8. The summed E-state index contributed by atoms with van der Waals surface area (Å²) in [7, 11) is -4.12. The second-order valence-corrected chi connectivity index (χ2v) is 18.3. The van der Waals surface area contributed by atoms with Gasteiger partial charge in [0.1, 0.15) is 23.7 Å². The lowest BCUT2D eigenvalue weighted by molar-refractivity contribution is -0.143. The second-order valence-electron chi connectivity index (χ2n) is 16.4. The molecule has 1 aromatic carbocycles. The number of allylic oxidation sites excluding steroid dienone is 5. The fourth-order valence-electron chi connectivity index (χ4n) is 7.90. The van der Waals surface area contributed by atoms with E-state index in [0.717, 1.165) is 29.5 Å². The molecule has 7 atom stereocenters. The highest BCUT2D eigenvalue weighted by Gasteiger charge is 2.67. The molecule has 0 radical (unpaired) electrons. The number of oxime groups is 1. The average Bonchev–Trinajstić information content (AvgIpc) is 4.04. The molecule has 0 aromatic heterocycles. The van der Waals surface area contributed by atoms with Crippen LogP contribution >= 0.6 is 0 Å². The van der Waals surface area contributed by atoms with Crippen molar-refractivity contribution in [3.8, 4) is 0 Å². The fraction of sp³-hybridized carbons (Fsp3) is 0.564. The van der Waals surface area contributed by atoms with E-state index in [-0.39, 0.29) is 31.4 Å². The maximum Gasteiger partial charge on any atom is 0.407 e. The van der Waals surface area contributed by atoms with Crippen LogP contribution in [0.15, 0.2) is 53.7 Å². The standard InChI is InChI=1S/C39H47F2N5O8S/c1-38(2,3)32-35(48)46-21-23(19-30(46)34(47)43-39(20-29(39)33(40)41)36(49)45-55(51,52)24-14-15-24)54-44-31-27-12-8-7-11-25(27)26-16-13-22(18-28(26)31)10-6-4-5-9-17-53-37(50)42-32/h6-8,10-13,16,18,23-25,27,29-30,32-33H,4-5,9,14-15,17,19-21H2,1-3H3,(H,42,50)(H,43,47)(H,45,49)/b10-6+,44-31-/t23-,25?,27?,29+,30+,32-,39-/m1/s1. The smallest absolute Gasteiger partial charge is 0.407 e. The number of nitrogens with one attached hydrogen (secondary N) is 3. The number of fused-ring (bicyclic) bond motifs is 6. The SMILES string of the molecule is CC(C)(C)[C@@H]1NC(=O)OCCCC/C=C/c2ccc3c(c2)/C(=N\O[C@@H]2C[C@@H](C(=O)N[C@]4(C(=O)NS(=O)(=O)C5CC5)C[C@H]4C(F)F)N(C2)C1=O)C1C=CC=CC31. The van der Waals surface area contributed by atoms with E-state index in [2.05, 4.69) is 40.1 Å². The van der Waals surface area contributed by atoms with E-state index >= 15 is 0 Å². The maximum atomic E-state index is 14.5. The number of ether oxygens (including phenoxy) is 1. The first-order valence-corrected chi connectivity index (χ1v) is 20.4. The van der Waals surface area contributed by atoms with E-state index in [4.69, 9.17) is 9.57 Å². The summed E-state index contributed by atoms with van der Waals surface area (Å²) in [6.07, 6.45) is 9.59. The molecule has 4 bridgehead atoms. The second kappa shape index (κ2) is 14.8. The van der Waals surface area contributed by atoms with E-state index < -0.39 is 87.0 Å². The molecular weight excluding hydrogens is 737 g/mol. The van der Waals surface area contributed by atoms with Crippen LogP contribution in [0.2, 0.25) is 0 Å². The molecule has 13 nitrogen and oxygen atoms in total. The summed E-state index contributed by atoms with van der Waals surface area (Å²) in [6.45, 7) is 5.15. The number of benzene rings is 1. The molecule has 0 spiro atoms. The number of hydrogen-bond acceptors (Lipinski definition) is 9. The number of carbonyl (C=O) groups is 4. The lowest BCUT2D eigenvalue weighted by atomic mass is 9.85. The van der Waals surface area contributed by atoms with Gasteiger partial charge in [-0.3, -0.25) is 19.1 Å². The van der Waals surface area contributed by atoms with Crippen molar-refractivity contribution in [3.63, 3.8) is 0 Å². The van der Waals surface area contributed by atoms with Gasteiger partial charge in [-0.15, -0.1) is 0 Å². The van der Waals surface area contributed by atoms with E-state index in [0.29, 0.717) is 25.0 Å². The highest BCUT2D eigenvalue weighted by molar-refractivity contribution is 7.91. The summed E-state index contributed by atoms with van der Waals surface area (Å²) in [5, 5.41) is 8.94. The Bertz CT molecular complexity index is 1970. The summed E-state index contributed by atoms with van der Waals surface area (Å²) >= 11 is 0. The molecule has 16 heteroatoms. The number of nitrogens with zero attached hydrogens (tertiary/aromatic N) is 2. The van der Waals surface area contributed by atoms with Crippen molar-refractivity contribution in [1.82, 2.24) is 20.3 Å². The minimum atomic E-state index is -4.12. The number of alkyl halides is 2. The van der Waals surface area contributed by atoms with Crippen LogP contribution in [0.25, 0.3) is 6.08 Å². The highest BCUT2D eigenvalue weighted by atomic mass is 32.2. The zero-order chi connectivity index (χ0) is 39.3. The van der Waals surface area contributed by atoms with Gasteiger partial charge in [0, 0.05) is 23.8 Å². The van der Waals surface area contributed by atoms with Crippen molar-refractivity contribution < 1.29 is 46.0 Å². The Balaban J connectivity index is 1.21. The zero-order valence-electron chi connectivity index (χ0n) is 31.0. The molecule has 55 heavy (non-hydrogen) atoms. The Kier molecular flexibility index (Phi) is 10.4. The Hall–Kier alpha value is -4.60. The molecule has 2 aliphatic heterocycles. The molecule has 296 valence electrons. The van der Waals surface area contributed by atoms with Crippen molar-refractivity contribution in [2.45, 2.75) is 107 Å². The van der Waals surface area contributed by atoms with Gasteiger partial charge < -0.3 is 25.1 Å². The molecule has 2 unspecified atom stereocenters. The quantitative estimate of drug-likeness (QED) is 0.383. The normalized spacial score (nSPS) is 32.3. The van der Waals surface area contributed by atoms with Crippen LogP contribution in [0, 0.1) is 17.3 Å². The van der Waals surface area contributed by atoms with Gasteiger partial charge in [0.15, 0.2) is 0 Å². The number of halogens is 2. The van der Waals surface area contributed by atoms with Gasteiger partial charge in [-0.05, 0) is 61.1 Å². The molecule has 3 fully saturated rings. The Labute approximate surface area is 319 Å². The van der Waals surface area contributed by atoms with E-state index in [1.54, 1.807) is 20.8 Å². The predicted octanol–water partition coefficient (Wildman–Crippen LogP) is 4.30. The molecule has 1 saturated heterocycles. The lowest BCUT2D eigenvalue weighted by Gasteiger charge is -2.35. The molecule has 2 saturated carbocycles. The van der Waals surface area contributed by atoms with Crippen LogP contribution in [-0.2, 0) is 34.0 Å². The molecule has 4 aliphatic carbocycles. The summed E-state index contributed by atoms with van der Waals surface area (Å²) in [5.41, 5.74) is 0.557. The topological polar surface area (TPSA) is 173 Å². The lowest BCUT2D eigenvalue weighted by Crippen LogP contribution is -2.60. The van der Waals surface area contributed by atoms with Crippen molar-refractivity contribution in [1.29, 1.82) is 0 Å². The summed E-state index contributed by atoms with van der Waals surface area (Å²) < 4.78 is 60.8. The van der Waals surface area contributed by atoms with Gasteiger partial charge in [-0.2, -0.15) is 0 Å². The van der Waals surface area contributed by atoms with Crippen LogP contribution < -0.4 is 15.4 Å². The number of sulfonamides is 1. The van der Waals surface area contributed by atoms with Crippen molar-refractivity contribution >= 4 is 45.6 Å². The monoisotopic (exact) mass is 783 g/mol.